The number of sulfonamides is 1. The minimum atomic E-state index is -3.68. The number of piperazine rings is 1. The summed E-state index contributed by atoms with van der Waals surface area (Å²) in [5.74, 6) is 0. The number of aromatic nitrogens is 1. The third kappa shape index (κ3) is 6.01. The van der Waals surface area contributed by atoms with E-state index in [-0.39, 0.29) is 16.0 Å². The fourth-order valence-corrected chi connectivity index (χ4v) is 11.8. The lowest BCUT2D eigenvalue weighted by molar-refractivity contribution is 0.242. The van der Waals surface area contributed by atoms with E-state index in [2.05, 4.69) is 101 Å². The van der Waals surface area contributed by atoms with Gasteiger partial charge in [-0.05, 0) is 39.7 Å². The minimum Gasteiger partial charge on any atom is -0.406 e. The normalized spacial score (nSPS) is 16.6. The molecule has 40 heavy (non-hydrogen) atoms. The third-order valence-corrected chi connectivity index (χ3v) is 14.5. The van der Waals surface area contributed by atoms with Crippen LogP contribution in [0.3, 0.4) is 0 Å². The van der Waals surface area contributed by atoms with E-state index < -0.39 is 18.3 Å². The largest absolute Gasteiger partial charge is 0.406 e. The van der Waals surface area contributed by atoms with Gasteiger partial charge in [-0.3, -0.25) is 4.72 Å². The number of rotatable bonds is 9. The quantitative estimate of drug-likeness (QED) is 0.282. The van der Waals surface area contributed by atoms with Gasteiger partial charge < -0.3 is 14.6 Å². The molecule has 1 aliphatic rings. The molecule has 210 valence electrons. The van der Waals surface area contributed by atoms with Gasteiger partial charge in [0.1, 0.15) is 0 Å². The van der Waals surface area contributed by atoms with Crippen LogP contribution in [0.25, 0.3) is 0 Å². The van der Waals surface area contributed by atoms with Crippen LogP contribution in [0.1, 0.15) is 20.8 Å². The van der Waals surface area contributed by atoms with Gasteiger partial charge in [-0.1, -0.05) is 81.4 Å². The molecule has 1 aromatic heterocycles. The average Bonchev–Trinajstić information content (AvgIpc) is 3.46. The van der Waals surface area contributed by atoms with Crippen molar-refractivity contribution in [3.8, 4) is 0 Å². The number of thiazole rings is 1. The summed E-state index contributed by atoms with van der Waals surface area (Å²) in [7, 11) is -6.31. The molecule has 7 nitrogen and oxygen atoms in total. The zero-order valence-corrected chi connectivity index (χ0v) is 25.7. The fraction of sp³-hybridized carbons (Fsp3) is 0.300. The van der Waals surface area contributed by atoms with Gasteiger partial charge in [-0.15, -0.1) is 11.3 Å². The van der Waals surface area contributed by atoms with Crippen LogP contribution in [0.5, 0.6) is 0 Å². The van der Waals surface area contributed by atoms with E-state index in [1.165, 1.54) is 21.7 Å². The van der Waals surface area contributed by atoms with Gasteiger partial charge in [-0.25, -0.2) is 13.4 Å². The van der Waals surface area contributed by atoms with Crippen molar-refractivity contribution in [1.82, 2.24) is 10.3 Å². The lowest BCUT2D eigenvalue weighted by Gasteiger charge is -2.44. The molecule has 3 aromatic carbocycles. The molecule has 2 N–H and O–H groups in total. The van der Waals surface area contributed by atoms with Crippen LogP contribution in [0.4, 0.5) is 10.8 Å². The Kier molecular flexibility index (Phi) is 8.44. The van der Waals surface area contributed by atoms with Crippen molar-refractivity contribution in [2.24, 2.45) is 0 Å². The first-order valence-electron chi connectivity index (χ1n) is 13.4. The highest BCUT2D eigenvalue weighted by Gasteiger charge is 2.50. The summed E-state index contributed by atoms with van der Waals surface area (Å²) in [5.41, 5.74) is 0.991. The maximum atomic E-state index is 12.8. The van der Waals surface area contributed by atoms with E-state index in [0.29, 0.717) is 11.7 Å². The van der Waals surface area contributed by atoms with Crippen molar-refractivity contribution in [3.63, 3.8) is 0 Å². The second kappa shape index (κ2) is 11.8. The van der Waals surface area contributed by atoms with Crippen LogP contribution in [0, 0.1) is 0 Å². The lowest BCUT2D eigenvalue weighted by atomic mass is 10.2. The molecule has 5 rings (SSSR count). The van der Waals surface area contributed by atoms with Crippen LogP contribution in [-0.4, -0.2) is 54.0 Å². The smallest absolute Gasteiger partial charge is 0.263 e. The summed E-state index contributed by atoms with van der Waals surface area (Å²) >= 11 is 1.25. The summed E-state index contributed by atoms with van der Waals surface area (Å²) in [6.07, 6.45) is 1.57. The molecule has 0 aliphatic carbocycles. The Morgan fingerprint density at radius 2 is 1.62 bits per heavy atom. The Bertz CT molecular complexity index is 1440. The van der Waals surface area contributed by atoms with E-state index >= 15 is 0 Å². The van der Waals surface area contributed by atoms with Crippen molar-refractivity contribution < 1.29 is 12.8 Å². The van der Waals surface area contributed by atoms with Crippen molar-refractivity contribution in [1.29, 1.82) is 0 Å². The minimum absolute atomic E-state index is 0.0853. The molecule has 0 spiro atoms. The van der Waals surface area contributed by atoms with Gasteiger partial charge in [-0.2, -0.15) is 0 Å². The maximum absolute atomic E-state index is 12.8. The molecular weight excluding hydrogens is 557 g/mol. The highest BCUT2D eigenvalue weighted by atomic mass is 32.2. The molecule has 0 radical (unpaired) electrons. The van der Waals surface area contributed by atoms with E-state index in [4.69, 9.17) is 4.43 Å². The highest BCUT2D eigenvalue weighted by molar-refractivity contribution is 7.93. The third-order valence-electron chi connectivity index (χ3n) is 7.34. The summed E-state index contributed by atoms with van der Waals surface area (Å²) < 4.78 is 35.2. The number of hydrogen-bond donors (Lipinski definition) is 2. The van der Waals surface area contributed by atoms with Crippen LogP contribution in [0.15, 0.2) is 101 Å². The highest BCUT2D eigenvalue weighted by Crippen LogP contribution is 2.37. The summed E-state index contributed by atoms with van der Waals surface area (Å²) in [4.78, 5) is 6.53. The predicted molar refractivity (Wildman–Crippen MR) is 167 cm³/mol. The van der Waals surface area contributed by atoms with E-state index in [1.54, 1.807) is 23.7 Å². The zero-order valence-electron chi connectivity index (χ0n) is 23.1. The van der Waals surface area contributed by atoms with Crippen molar-refractivity contribution >= 4 is 50.9 Å². The molecule has 0 saturated carbocycles. The van der Waals surface area contributed by atoms with Gasteiger partial charge in [0.05, 0.1) is 11.5 Å². The second-order valence-electron chi connectivity index (χ2n) is 11.0. The van der Waals surface area contributed by atoms with Gasteiger partial charge in [0.25, 0.3) is 18.3 Å². The molecule has 10 heteroatoms. The number of hydrogen-bond acceptors (Lipinski definition) is 7. The average molecular weight is 593 g/mol. The lowest BCUT2D eigenvalue weighted by Crippen LogP contribution is -2.68. The van der Waals surface area contributed by atoms with E-state index in [9.17, 15) is 8.42 Å². The van der Waals surface area contributed by atoms with Gasteiger partial charge in [0.15, 0.2) is 5.13 Å². The number of benzene rings is 3. The Morgan fingerprint density at radius 1 is 1.00 bits per heavy atom. The van der Waals surface area contributed by atoms with Crippen molar-refractivity contribution in [3.05, 3.63) is 96.5 Å². The molecular formula is C30H36N4O3S2Si. The molecule has 1 fully saturated rings. The van der Waals surface area contributed by atoms with Gasteiger partial charge in [0, 0.05) is 42.9 Å². The standard InChI is InChI=1S/C30H36N4O3S2Si/c1-30(2,3)40(27-10-6-4-7-11-27,28-12-8-5-9-13-28)37-23-24-22-34(20-18-31-24)25-14-16-26(17-15-25)39(35,36)33-29-32-19-21-38-29/h4-17,19,21,24,31H,18,20,22-23H2,1-3H3,(H,32,33)/t24-/m1/s1. The fourth-order valence-electron chi connectivity index (χ4n) is 5.44. The van der Waals surface area contributed by atoms with Gasteiger partial charge >= 0.3 is 0 Å². The molecule has 0 unspecified atom stereocenters. The van der Waals surface area contributed by atoms with Gasteiger partial charge in [0.2, 0.25) is 0 Å². The number of nitrogens with one attached hydrogen (secondary N) is 2. The molecule has 1 aliphatic heterocycles. The van der Waals surface area contributed by atoms with Crippen LogP contribution in [0.2, 0.25) is 5.04 Å². The van der Waals surface area contributed by atoms with Crippen LogP contribution in [-0.2, 0) is 14.4 Å². The molecule has 1 saturated heterocycles. The zero-order chi connectivity index (χ0) is 28.2. The van der Waals surface area contributed by atoms with Crippen molar-refractivity contribution in [2.75, 3.05) is 35.9 Å². The summed E-state index contributed by atoms with van der Waals surface area (Å²) in [6.45, 7) is 9.87. The SMILES string of the molecule is CC(C)(C)[Si](OC[C@H]1CN(c2ccc(S(=O)(=O)Nc3nccs3)cc2)CCN1)(c1ccccc1)c1ccccc1. The topological polar surface area (TPSA) is 83.6 Å². The molecule has 4 aromatic rings. The molecule has 0 amide bonds. The number of anilines is 2. The Labute approximate surface area is 242 Å². The van der Waals surface area contributed by atoms with Crippen LogP contribution < -0.4 is 25.3 Å². The van der Waals surface area contributed by atoms with Crippen molar-refractivity contribution in [2.45, 2.75) is 36.7 Å². The van der Waals surface area contributed by atoms with E-state index in [0.717, 1.165) is 25.3 Å². The summed E-state index contributed by atoms with van der Waals surface area (Å²) in [6, 6.07) is 28.6. The maximum Gasteiger partial charge on any atom is 0.263 e. The molecule has 1 atom stereocenters. The predicted octanol–water partition coefficient (Wildman–Crippen LogP) is 4.30. The van der Waals surface area contributed by atoms with E-state index in [1.807, 2.05) is 12.1 Å². The Hall–Kier alpha value is -3.02. The summed E-state index contributed by atoms with van der Waals surface area (Å²) in [5, 5.41) is 8.19. The monoisotopic (exact) mass is 592 g/mol. The number of nitrogens with zero attached hydrogens (tertiary/aromatic N) is 2. The first-order chi connectivity index (χ1) is 19.2. The Morgan fingerprint density at radius 3 is 2.17 bits per heavy atom. The second-order valence-corrected chi connectivity index (χ2v) is 17.9. The first-order valence-corrected chi connectivity index (χ1v) is 17.7. The molecule has 2 heterocycles. The first kappa shape index (κ1) is 28.5. The Balaban J connectivity index is 1.33. The van der Waals surface area contributed by atoms with Crippen LogP contribution >= 0.6 is 11.3 Å². The molecule has 0 bridgehead atoms.